The molecule has 1 fully saturated rings. The fraction of sp³-hybridized carbons (Fsp3) is 0.917. The van der Waals surface area contributed by atoms with Gasteiger partial charge in [0.05, 0.1) is 6.54 Å². The fourth-order valence-corrected chi connectivity index (χ4v) is 1.35. The van der Waals surface area contributed by atoms with Gasteiger partial charge in [-0.1, -0.05) is 20.8 Å². The van der Waals surface area contributed by atoms with Crippen LogP contribution < -0.4 is 10.6 Å². The fourth-order valence-electron chi connectivity index (χ4n) is 1.35. The van der Waals surface area contributed by atoms with Gasteiger partial charge in [0.2, 0.25) is 5.91 Å². The van der Waals surface area contributed by atoms with E-state index in [1.807, 2.05) is 0 Å². The van der Waals surface area contributed by atoms with Crippen LogP contribution in [0.1, 0.15) is 40.0 Å². The average Bonchev–Trinajstić information content (AvgIpc) is 2.85. The first-order chi connectivity index (χ1) is 6.97. The lowest BCUT2D eigenvalue weighted by Crippen LogP contribution is -2.36. The third-order valence-electron chi connectivity index (χ3n) is 2.61. The van der Waals surface area contributed by atoms with Crippen LogP contribution in [0.2, 0.25) is 0 Å². The van der Waals surface area contributed by atoms with Crippen molar-refractivity contribution in [2.45, 2.75) is 40.0 Å². The molecular formula is C12H25ClN2O. The van der Waals surface area contributed by atoms with Crippen molar-refractivity contribution in [3.05, 3.63) is 0 Å². The summed E-state index contributed by atoms with van der Waals surface area (Å²) in [6.07, 6.45) is 3.69. The Balaban J connectivity index is 0.00000225. The van der Waals surface area contributed by atoms with Crippen molar-refractivity contribution in [3.8, 4) is 0 Å². The molecule has 4 heteroatoms. The maximum atomic E-state index is 11.4. The van der Waals surface area contributed by atoms with Crippen molar-refractivity contribution in [1.29, 1.82) is 0 Å². The normalized spacial score (nSPS) is 15.4. The zero-order chi connectivity index (χ0) is 11.3. The largest absolute Gasteiger partial charge is 0.355 e. The van der Waals surface area contributed by atoms with E-state index in [1.165, 1.54) is 12.8 Å². The molecule has 1 aliphatic carbocycles. The smallest absolute Gasteiger partial charge is 0.233 e. The topological polar surface area (TPSA) is 41.1 Å². The minimum absolute atomic E-state index is 0. The Morgan fingerprint density at radius 1 is 1.31 bits per heavy atom. The highest BCUT2D eigenvalue weighted by molar-refractivity contribution is 5.85. The molecule has 0 aromatic heterocycles. The maximum Gasteiger partial charge on any atom is 0.233 e. The third kappa shape index (κ3) is 8.98. The molecule has 1 amide bonds. The summed E-state index contributed by atoms with van der Waals surface area (Å²) in [5.41, 5.74) is 0.300. The second-order valence-corrected chi connectivity index (χ2v) is 5.73. The molecule has 0 atom stereocenters. The highest BCUT2D eigenvalue weighted by atomic mass is 35.5. The quantitative estimate of drug-likeness (QED) is 0.755. The molecule has 0 aliphatic heterocycles. The van der Waals surface area contributed by atoms with E-state index in [4.69, 9.17) is 0 Å². The van der Waals surface area contributed by atoms with Crippen LogP contribution in [-0.4, -0.2) is 25.5 Å². The highest BCUT2D eigenvalue weighted by Crippen LogP contribution is 2.27. The van der Waals surface area contributed by atoms with Crippen LogP contribution in [0.15, 0.2) is 0 Å². The van der Waals surface area contributed by atoms with Crippen LogP contribution in [0.25, 0.3) is 0 Å². The first-order valence-corrected chi connectivity index (χ1v) is 5.95. The second kappa shape index (κ2) is 7.13. The van der Waals surface area contributed by atoms with Crippen LogP contribution in [0.3, 0.4) is 0 Å². The summed E-state index contributed by atoms with van der Waals surface area (Å²) in [5, 5.41) is 6.11. The molecule has 0 radical (unpaired) electrons. The third-order valence-corrected chi connectivity index (χ3v) is 2.61. The minimum atomic E-state index is 0. The van der Waals surface area contributed by atoms with Crippen molar-refractivity contribution in [2.75, 3.05) is 19.6 Å². The molecule has 0 aromatic rings. The van der Waals surface area contributed by atoms with Gasteiger partial charge < -0.3 is 10.6 Å². The van der Waals surface area contributed by atoms with E-state index in [-0.39, 0.29) is 18.3 Å². The van der Waals surface area contributed by atoms with Gasteiger partial charge in [-0.25, -0.2) is 0 Å². The van der Waals surface area contributed by atoms with Gasteiger partial charge in [-0.05, 0) is 37.1 Å². The Kier molecular flexibility index (Phi) is 7.00. The predicted molar refractivity (Wildman–Crippen MR) is 69.9 cm³/mol. The van der Waals surface area contributed by atoms with Gasteiger partial charge in [-0.2, -0.15) is 0 Å². The molecular weight excluding hydrogens is 224 g/mol. The number of halogens is 1. The highest BCUT2D eigenvalue weighted by Gasteiger charge is 2.20. The number of carbonyl (C=O) groups is 1. The molecule has 0 saturated heterocycles. The van der Waals surface area contributed by atoms with Gasteiger partial charge in [0.1, 0.15) is 0 Å². The standard InChI is InChI=1S/C12H24N2O.ClH/c1-12(2,3)6-7-14-11(15)9-13-8-10-4-5-10;/h10,13H,4-9H2,1-3H3,(H,14,15);1H. The summed E-state index contributed by atoms with van der Waals surface area (Å²) < 4.78 is 0. The van der Waals surface area contributed by atoms with Crippen molar-refractivity contribution in [2.24, 2.45) is 11.3 Å². The van der Waals surface area contributed by atoms with Gasteiger partial charge in [0, 0.05) is 6.54 Å². The van der Waals surface area contributed by atoms with E-state index in [1.54, 1.807) is 0 Å². The lowest BCUT2D eigenvalue weighted by atomic mass is 9.92. The van der Waals surface area contributed by atoms with Crippen LogP contribution >= 0.6 is 12.4 Å². The Labute approximate surface area is 105 Å². The SMILES string of the molecule is CC(C)(C)CCNC(=O)CNCC1CC1.Cl. The number of hydrogen-bond donors (Lipinski definition) is 2. The minimum Gasteiger partial charge on any atom is -0.355 e. The van der Waals surface area contributed by atoms with E-state index in [0.29, 0.717) is 12.0 Å². The molecule has 0 aromatic carbocycles. The lowest BCUT2D eigenvalue weighted by Gasteiger charge is -2.18. The zero-order valence-electron chi connectivity index (χ0n) is 10.6. The van der Waals surface area contributed by atoms with E-state index >= 15 is 0 Å². The lowest BCUT2D eigenvalue weighted by molar-refractivity contribution is -0.120. The van der Waals surface area contributed by atoms with E-state index in [9.17, 15) is 4.79 Å². The van der Waals surface area contributed by atoms with E-state index in [2.05, 4.69) is 31.4 Å². The summed E-state index contributed by atoms with van der Waals surface area (Å²) in [6.45, 7) is 8.82. The average molecular weight is 249 g/mol. The maximum absolute atomic E-state index is 11.4. The first kappa shape index (κ1) is 15.7. The molecule has 0 heterocycles. The summed E-state index contributed by atoms with van der Waals surface area (Å²) in [4.78, 5) is 11.4. The Bertz CT molecular complexity index is 210. The van der Waals surface area contributed by atoms with Crippen molar-refractivity contribution >= 4 is 18.3 Å². The number of hydrogen-bond acceptors (Lipinski definition) is 2. The Morgan fingerprint density at radius 2 is 1.94 bits per heavy atom. The van der Waals surface area contributed by atoms with Gasteiger partial charge in [-0.15, -0.1) is 12.4 Å². The number of amides is 1. The van der Waals surface area contributed by atoms with Crippen molar-refractivity contribution in [3.63, 3.8) is 0 Å². The van der Waals surface area contributed by atoms with Crippen LogP contribution in [0, 0.1) is 11.3 Å². The van der Waals surface area contributed by atoms with Gasteiger partial charge in [-0.3, -0.25) is 4.79 Å². The van der Waals surface area contributed by atoms with Crippen LogP contribution in [-0.2, 0) is 4.79 Å². The summed E-state index contributed by atoms with van der Waals surface area (Å²) in [5.74, 6) is 0.965. The summed E-state index contributed by atoms with van der Waals surface area (Å²) in [7, 11) is 0. The first-order valence-electron chi connectivity index (χ1n) is 5.95. The molecule has 0 bridgehead atoms. The molecule has 0 unspecified atom stereocenters. The Hall–Kier alpha value is -0.280. The Morgan fingerprint density at radius 3 is 2.44 bits per heavy atom. The van der Waals surface area contributed by atoms with Gasteiger partial charge in [0.15, 0.2) is 0 Å². The van der Waals surface area contributed by atoms with Crippen LogP contribution in [0.5, 0.6) is 0 Å². The molecule has 1 aliphatic rings. The number of nitrogens with one attached hydrogen (secondary N) is 2. The van der Waals surface area contributed by atoms with Gasteiger partial charge >= 0.3 is 0 Å². The molecule has 16 heavy (non-hydrogen) atoms. The summed E-state index contributed by atoms with van der Waals surface area (Å²) >= 11 is 0. The van der Waals surface area contributed by atoms with Crippen molar-refractivity contribution < 1.29 is 4.79 Å². The molecule has 1 saturated carbocycles. The second-order valence-electron chi connectivity index (χ2n) is 5.73. The van der Waals surface area contributed by atoms with Crippen LogP contribution in [0.4, 0.5) is 0 Å². The predicted octanol–water partition coefficient (Wildman–Crippen LogP) is 1.96. The number of rotatable bonds is 6. The molecule has 3 nitrogen and oxygen atoms in total. The molecule has 0 spiro atoms. The molecule has 2 N–H and O–H groups in total. The molecule has 1 rings (SSSR count). The monoisotopic (exact) mass is 248 g/mol. The zero-order valence-corrected chi connectivity index (χ0v) is 11.5. The van der Waals surface area contributed by atoms with E-state index < -0.39 is 0 Å². The van der Waals surface area contributed by atoms with Crippen molar-refractivity contribution in [1.82, 2.24) is 10.6 Å². The van der Waals surface area contributed by atoms with E-state index in [0.717, 1.165) is 25.4 Å². The summed E-state index contributed by atoms with van der Waals surface area (Å²) in [6, 6.07) is 0. The number of carbonyl (C=O) groups excluding carboxylic acids is 1. The molecule has 96 valence electrons. The van der Waals surface area contributed by atoms with Gasteiger partial charge in [0.25, 0.3) is 0 Å².